The Morgan fingerprint density at radius 2 is 1.82 bits per heavy atom. The van der Waals surface area contributed by atoms with E-state index in [9.17, 15) is 20.0 Å². The molecule has 2 aliphatic rings. The summed E-state index contributed by atoms with van der Waals surface area (Å²) in [5, 5.41) is 24.8. The predicted molar refractivity (Wildman–Crippen MR) is 134 cm³/mol. The third-order valence-electron chi connectivity index (χ3n) is 6.64. The standard InChI is InChI=1S/C25H20Cl2N2O4S/c26-17-6-2-1-5-14(17)24-16-12-21(34-20-8-4-3-7-19(20)29(32)33)23(27)22(16)15-11-13(25(30)31)9-10-18(15)28-24/h1-11,16,21-24,28H,12H2,(H,30,31)/t16-,21-,22-,23-,24+/m0/s1. The van der Waals surface area contributed by atoms with Gasteiger partial charge in [0.1, 0.15) is 0 Å². The second-order valence-corrected chi connectivity index (χ2v) is 10.7. The highest BCUT2D eigenvalue weighted by Crippen LogP contribution is 2.58. The number of thioether (sulfide) groups is 1. The van der Waals surface area contributed by atoms with Crippen molar-refractivity contribution in [2.45, 2.75) is 33.9 Å². The number of alkyl halides is 1. The molecule has 0 aromatic heterocycles. The van der Waals surface area contributed by atoms with E-state index in [1.54, 1.807) is 36.4 Å². The molecular weight excluding hydrogens is 495 g/mol. The highest BCUT2D eigenvalue weighted by molar-refractivity contribution is 8.00. The molecule has 1 fully saturated rings. The molecule has 0 unspecified atom stereocenters. The van der Waals surface area contributed by atoms with Crippen LogP contribution in [0.5, 0.6) is 0 Å². The first-order chi connectivity index (χ1) is 16.3. The van der Waals surface area contributed by atoms with Gasteiger partial charge < -0.3 is 10.4 Å². The number of carboxylic acids is 1. The number of rotatable bonds is 5. The van der Waals surface area contributed by atoms with E-state index < -0.39 is 5.97 Å². The number of para-hydroxylation sites is 1. The van der Waals surface area contributed by atoms with Crippen LogP contribution < -0.4 is 5.32 Å². The van der Waals surface area contributed by atoms with Gasteiger partial charge in [0.05, 0.1) is 26.8 Å². The number of nitro benzene ring substituents is 1. The van der Waals surface area contributed by atoms with Crippen molar-refractivity contribution in [1.82, 2.24) is 0 Å². The molecule has 174 valence electrons. The predicted octanol–water partition coefficient (Wildman–Crippen LogP) is 6.99. The minimum atomic E-state index is -0.998. The minimum Gasteiger partial charge on any atom is -0.478 e. The van der Waals surface area contributed by atoms with Crippen molar-refractivity contribution in [1.29, 1.82) is 0 Å². The zero-order chi connectivity index (χ0) is 24.0. The molecule has 9 heteroatoms. The maximum atomic E-state index is 11.7. The first-order valence-corrected chi connectivity index (χ1v) is 12.5. The van der Waals surface area contributed by atoms with Crippen LogP contribution in [0, 0.1) is 16.0 Å². The lowest BCUT2D eigenvalue weighted by Gasteiger charge is -2.38. The summed E-state index contributed by atoms with van der Waals surface area (Å²) in [6.07, 6.45) is 0.690. The number of fused-ring (bicyclic) bond motifs is 3. The highest BCUT2D eigenvalue weighted by atomic mass is 35.5. The Labute approximate surface area is 210 Å². The number of benzene rings is 3. The van der Waals surface area contributed by atoms with Crippen LogP contribution in [0.4, 0.5) is 11.4 Å². The van der Waals surface area contributed by atoms with Gasteiger partial charge in [-0.1, -0.05) is 41.9 Å². The Kier molecular flexibility index (Phi) is 6.18. The molecule has 0 bridgehead atoms. The first kappa shape index (κ1) is 23.0. The molecule has 1 aliphatic carbocycles. The summed E-state index contributed by atoms with van der Waals surface area (Å²) in [4.78, 5) is 23.4. The van der Waals surface area contributed by atoms with Crippen molar-refractivity contribution in [3.05, 3.63) is 98.6 Å². The van der Waals surface area contributed by atoms with E-state index in [2.05, 4.69) is 5.32 Å². The van der Waals surface area contributed by atoms with Gasteiger partial charge in [0.25, 0.3) is 5.69 Å². The average Bonchev–Trinajstić information content (AvgIpc) is 3.15. The maximum absolute atomic E-state index is 11.7. The van der Waals surface area contributed by atoms with Gasteiger partial charge in [-0.3, -0.25) is 10.1 Å². The topological polar surface area (TPSA) is 92.5 Å². The second-order valence-electron chi connectivity index (χ2n) is 8.50. The number of hydrogen-bond donors (Lipinski definition) is 2. The fourth-order valence-corrected chi connectivity index (χ4v) is 7.35. The molecular formula is C25H20Cl2N2O4S. The second kappa shape index (κ2) is 9.13. The summed E-state index contributed by atoms with van der Waals surface area (Å²) in [7, 11) is 0. The van der Waals surface area contributed by atoms with Gasteiger partial charge in [-0.05, 0) is 53.8 Å². The summed E-state index contributed by atoms with van der Waals surface area (Å²) >= 11 is 15.1. The Morgan fingerprint density at radius 1 is 1.09 bits per heavy atom. The maximum Gasteiger partial charge on any atom is 0.335 e. The summed E-state index contributed by atoms with van der Waals surface area (Å²) < 4.78 is 0. The van der Waals surface area contributed by atoms with Crippen LogP contribution in [0.1, 0.15) is 39.9 Å². The molecule has 34 heavy (non-hydrogen) atoms. The van der Waals surface area contributed by atoms with Gasteiger partial charge in [-0.2, -0.15) is 0 Å². The molecule has 0 amide bonds. The summed E-state index contributed by atoms with van der Waals surface area (Å²) in [6.45, 7) is 0. The Bertz CT molecular complexity index is 1290. The number of nitro groups is 1. The SMILES string of the molecule is O=C(O)c1ccc2c(c1)[C@@H]1[C@@H](Cl)[C@@H](Sc3ccccc3[N+](=O)[O-])C[C@@H]1[C@@H](c1ccccc1Cl)N2. The van der Waals surface area contributed by atoms with Crippen molar-refractivity contribution in [3.8, 4) is 0 Å². The number of halogens is 2. The normalized spacial score (nSPS) is 25.2. The number of aromatic carboxylic acids is 1. The Hall–Kier alpha value is -2.74. The van der Waals surface area contributed by atoms with Crippen LogP contribution >= 0.6 is 35.0 Å². The molecule has 5 atom stereocenters. The van der Waals surface area contributed by atoms with Gasteiger partial charge in [0.15, 0.2) is 0 Å². The highest BCUT2D eigenvalue weighted by Gasteiger charge is 2.50. The van der Waals surface area contributed by atoms with Crippen LogP contribution in [-0.2, 0) is 0 Å². The van der Waals surface area contributed by atoms with Crippen molar-refractivity contribution >= 4 is 52.3 Å². The van der Waals surface area contributed by atoms with E-state index in [0.717, 1.165) is 16.8 Å². The monoisotopic (exact) mass is 514 g/mol. The third-order valence-corrected chi connectivity index (χ3v) is 9.10. The zero-order valence-electron chi connectivity index (χ0n) is 17.7. The minimum absolute atomic E-state index is 0.0270. The molecule has 3 aromatic carbocycles. The van der Waals surface area contributed by atoms with Crippen LogP contribution in [0.25, 0.3) is 0 Å². The lowest BCUT2D eigenvalue weighted by Crippen LogP contribution is -2.31. The lowest BCUT2D eigenvalue weighted by atomic mass is 9.77. The van der Waals surface area contributed by atoms with E-state index in [1.807, 2.05) is 24.3 Å². The van der Waals surface area contributed by atoms with E-state index >= 15 is 0 Å². The molecule has 0 saturated heterocycles. The van der Waals surface area contributed by atoms with Crippen LogP contribution in [0.3, 0.4) is 0 Å². The molecule has 2 N–H and O–H groups in total. The fourth-order valence-electron chi connectivity index (χ4n) is 5.15. The first-order valence-electron chi connectivity index (χ1n) is 10.8. The number of nitrogens with zero attached hydrogens (tertiary/aromatic N) is 1. The quantitative estimate of drug-likeness (QED) is 0.216. The lowest BCUT2D eigenvalue weighted by molar-refractivity contribution is -0.387. The van der Waals surface area contributed by atoms with E-state index in [4.69, 9.17) is 23.2 Å². The number of hydrogen-bond acceptors (Lipinski definition) is 5. The Morgan fingerprint density at radius 3 is 2.56 bits per heavy atom. The number of anilines is 1. The van der Waals surface area contributed by atoms with Crippen molar-refractivity contribution in [3.63, 3.8) is 0 Å². The average molecular weight is 515 g/mol. The third kappa shape index (κ3) is 4.02. The Balaban J connectivity index is 1.57. The zero-order valence-corrected chi connectivity index (χ0v) is 20.1. The molecule has 1 aliphatic heterocycles. The summed E-state index contributed by atoms with van der Waals surface area (Å²) in [5.41, 5.74) is 2.90. The van der Waals surface area contributed by atoms with Crippen LogP contribution in [0.15, 0.2) is 71.6 Å². The molecule has 6 nitrogen and oxygen atoms in total. The molecule has 1 heterocycles. The van der Waals surface area contributed by atoms with Crippen molar-refractivity contribution in [2.24, 2.45) is 5.92 Å². The number of carbonyl (C=O) groups is 1. The van der Waals surface area contributed by atoms with Crippen LogP contribution in [0.2, 0.25) is 5.02 Å². The van der Waals surface area contributed by atoms with Crippen LogP contribution in [-0.4, -0.2) is 26.6 Å². The van der Waals surface area contributed by atoms with Gasteiger partial charge in [-0.25, -0.2) is 4.79 Å². The van der Waals surface area contributed by atoms with E-state index in [1.165, 1.54) is 17.8 Å². The number of carboxylic acid groups (broad SMARTS) is 1. The van der Waals surface area contributed by atoms with Gasteiger partial charge >= 0.3 is 5.97 Å². The van der Waals surface area contributed by atoms with Gasteiger partial charge in [0.2, 0.25) is 0 Å². The number of nitrogens with one attached hydrogen (secondary N) is 1. The smallest absolute Gasteiger partial charge is 0.335 e. The van der Waals surface area contributed by atoms with E-state index in [0.29, 0.717) is 16.3 Å². The molecule has 5 rings (SSSR count). The summed E-state index contributed by atoms with van der Waals surface area (Å²) in [6, 6.07) is 19.3. The molecule has 3 aromatic rings. The largest absolute Gasteiger partial charge is 0.478 e. The fraction of sp³-hybridized carbons (Fsp3) is 0.240. The van der Waals surface area contributed by atoms with E-state index in [-0.39, 0.29) is 44.7 Å². The van der Waals surface area contributed by atoms with Gasteiger partial charge in [0, 0.05) is 27.9 Å². The van der Waals surface area contributed by atoms with Crippen molar-refractivity contribution < 1.29 is 14.8 Å². The van der Waals surface area contributed by atoms with Crippen molar-refractivity contribution in [2.75, 3.05) is 5.32 Å². The molecule has 0 radical (unpaired) electrons. The molecule has 1 saturated carbocycles. The van der Waals surface area contributed by atoms with Gasteiger partial charge in [-0.15, -0.1) is 23.4 Å². The molecule has 0 spiro atoms. The summed E-state index contributed by atoms with van der Waals surface area (Å²) in [5.74, 6) is -1.11.